The minimum absolute atomic E-state index is 0.123. The van der Waals surface area contributed by atoms with Crippen LogP contribution in [0.2, 0.25) is 0 Å². The van der Waals surface area contributed by atoms with Crippen molar-refractivity contribution in [2.45, 2.75) is 4.90 Å². The summed E-state index contributed by atoms with van der Waals surface area (Å²) in [5.41, 5.74) is 0. The molecule has 1 aromatic rings. The first-order valence-electron chi connectivity index (χ1n) is 4.03. The van der Waals surface area contributed by atoms with Crippen LogP contribution in [0.25, 0.3) is 0 Å². The first-order valence-corrected chi connectivity index (χ1v) is 5.51. The summed E-state index contributed by atoms with van der Waals surface area (Å²) in [4.78, 5) is -0.152. The number of benzene rings is 1. The highest BCUT2D eigenvalue weighted by Crippen LogP contribution is 2.22. The zero-order valence-electron chi connectivity index (χ0n) is 7.91. The maximum Gasteiger partial charge on any atom is 0.707 e. The third kappa shape index (κ3) is 2.93. The van der Waals surface area contributed by atoms with Gasteiger partial charge in [-0.1, -0.05) is 12.1 Å². The molecule has 15 heavy (non-hydrogen) atoms. The van der Waals surface area contributed by atoms with Gasteiger partial charge in [0.15, 0.2) is 0 Å². The molecule has 0 aliphatic heterocycles. The second-order valence-electron chi connectivity index (χ2n) is 2.60. The third-order valence-electron chi connectivity index (χ3n) is 1.64. The number of para-hydroxylation sites is 1. The van der Waals surface area contributed by atoms with Gasteiger partial charge < -0.3 is 14.7 Å². The molecule has 82 valence electrons. The van der Waals surface area contributed by atoms with Crippen molar-refractivity contribution in [3.05, 3.63) is 24.3 Å². The van der Waals surface area contributed by atoms with Gasteiger partial charge in [0, 0.05) is 0 Å². The van der Waals surface area contributed by atoms with E-state index < -0.39 is 17.3 Å². The summed E-state index contributed by atoms with van der Waals surface area (Å²) in [6, 6.07) is 5.64. The number of sulfonamides is 1. The fourth-order valence-electron chi connectivity index (χ4n) is 0.993. The summed E-state index contributed by atoms with van der Waals surface area (Å²) >= 11 is 0. The molecule has 0 aromatic heterocycles. The Morgan fingerprint density at radius 2 is 1.93 bits per heavy atom. The predicted molar refractivity (Wildman–Crippen MR) is 53.5 cm³/mol. The minimum Gasteiger partial charge on any atom is -0.511 e. The first-order chi connectivity index (χ1) is 6.97. The number of hydrogen-bond donors (Lipinski definition) is 3. The molecule has 0 amide bonds. The van der Waals surface area contributed by atoms with Gasteiger partial charge in [-0.05, 0) is 19.2 Å². The maximum atomic E-state index is 11.4. The van der Waals surface area contributed by atoms with Gasteiger partial charge in [-0.25, -0.2) is 13.1 Å². The molecule has 0 radical (unpaired) electrons. The van der Waals surface area contributed by atoms with Crippen molar-refractivity contribution in [3.8, 4) is 5.75 Å². The zero-order chi connectivity index (χ0) is 11.5. The summed E-state index contributed by atoms with van der Waals surface area (Å²) in [7, 11) is -4.48. The van der Waals surface area contributed by atoms with Crippen LogP contribution in [0.5, 0.6) is 5.75 Å². The highest BCUT2D eigenvalue weighted by Gasteiger charge is 2.20. The Kier molecular flexibility index (Phi) is 3.69. The van der Waals surface area contributed by atoms with Crippen LogP contribution in [-0.2, 0) is 10.0 Å². The summed E-state index contributed by atoms with van der Waals surface area (Å²) in [6.45, 7) is 0. The normalized spacial score (nSPS) is 11.1. The lowest BCUT2D eigenvalue weighted by molar-refractivity contribution is 0.285. The van der Waals surface area contributed by atoms with Gasteiger partial charge in [-0.2, -0.15) is 0 Å². The van der Waals surface area contributed by atoms with Gasteiger partial charge >= 0.3 is 7.32 Å². The molecule has 0 bridgehead atoms. The third-order valence-corrected chi connectivity index (χ3v) is 3.09. The Morgan fingerprint density at radius 1 is 1.33 bits per heavy atom. The fourth-order valence-corrected chi connectivity index (χ4v) is 1.85. The van der Waals surface area contributed by atoms with Gasteiger partial charge in [-0.15, -0.1) is 0 Å². The number of rotatable bonds is 4. The molecule has 0 saturated carbocycles. The maximum absolute atomic E-state index is 11.4. The number of nitrogens with one attached hydrogen (secondary N) is 1. The van der Waals surface area contributed by atoms with Crippen LogP contribution in [0.15, 0.2) is 29.2 Å². The van der Waals surface area contributed by atoms with Crippen molar-refractivity contribution in [1.29, 1.82) is 0 Å². The Labute approximate surface area is 87.7 Å². The quantitative estimate of drug-likeness (QED) is 0.574. The molecule has 1 rings (SSSR count). The summed E-state index contributed by atoms with van der Waals surface area (Å²) in [5, 5.41) is 17.2. The molecular weight excluding hydrogens is 221 g/mol. The highest BCUT2D eigenvalue weighted by atomic mass is 32.2. The number of hydrogen-bond acceptors (Lipinski definition) is 5. The second kappa shape index (κ2) is 4.62. The molecular formula is C7H10BNO5S. The zero-order valence-corrected chi connectivity index (χ0v) is 8.73. The van der Waals surface area contributed by atoms with E-state index in [9.17, 15) is 8.42 Å². The predicted octanol–water partition coefficient (Wildman–Crippen LogP) is -1.06. The van der Waals surface area contributed by atoms with Gasteiger partial charge in [0.25, 0.3) is 0 Å². The average molecular weight is 231 g/mol. The van der Waals surface area contributed by atoms with Gasteiger partial charge in [0.2, 0.25) is 10.0 Å². The van der Waals surface area contributed by atoms with Crippen LogP contribution < -0.4 is 9.38 Å². The monoisotopic (exact) mass is 231 g/mol. The molecule has 1 aromatic carbocycles. The van der Waals surface area contributed by atoms with Crippen molar-refractivity contribution in [3.63, 3.8) is 0 Å². The molecule has 0 saturated heterocycles. The minimum atomic E-state index is -3.67. The van der Waals surface area contributed by atoms with Crippen molar-refractivity contribution >= 4 is 17.3 Å². The molecule has 0 aliphatic carbocycles. The van der Waals surface area contributed by atoms with E-state index in [1.807, 2.05) is 0 Å². The Hall–Kier alpha value is -1.09. The molecule has 0 aliphatic rings. The van der Waals surface area contributed by atoms with E-state index in [1.54, 1.807) is 0 Å². The lowest BCUT2D eigenvalue weighted by atomic mass is 10.2. The van der Waals surface area contributed by atoms with E-state index >= 15 is 0 Å². The first kappa shape index (κ1) is 12.0. The van der Waals surface area contributed by atoms with Crippen LogP contribution in [0, 0.1) is 0 Å². The van der Waals surface area contributed by atoms with Crippen LogP contribution >= 0.6 is 0 Å². The molecule has 0 fully saturated rings. The lowest BCUT2D eigenvalue weighted by Crippen LogP contribution is -2.24. The van der Waals surface area contributed by atoms with Crippen molar-refractivity contribution in [2.75, 3.05) is 7.05 Å². The van der Waals surface area contributed by atoms with E-state index in [0.29, 0.717) is 0 Å². The van der Waals surface area contributed by atoms with Gasteiger partial charge in [0.05, 0.1) is 0 Å². The second-order valence-corrected chi connectivity index (χ2v) is 4.45. The van der Waals surface area contributed by atoms with Crippen LogP contribution in [-0.4, -0.2) is 32.8 Å². The Balaban J connectivity index is 3.18. The van der Waals surface area contributed by atoms with E-state index in [4.69, 9.17) is 10.0 Å². The Morgan fingerprint density at radius 3 is 2.47 bits per heavy atom. The standard InChI is InChI=1S/C7H10BNO5S/c1-9-15(12,13)7-5-3-2-4-6(7)14-8(10)11/h2-5,9-11H,1H3. The highest BCUT2D eigenvalue weighted by molar-refractivity contribution is 7.89. The molecule has 0 atom stereocenters. The van der Waals surface area contributed by atoms with Crippen molar-refractivity contribution in [1.82, 2.24) is 4.72 Å². The average Bonchev–Trinajstić information content (AvgIpc) is 2.17. The summed E-state index contributed by atoms with van der Waals surface area (Å²) in [6.07, 6.45) is 0. The molecule has 8 heteroatoms. The van der Waals surface area contributed by atoms with Crippen molar-refractivity contribution in [2.24, 2.45) is 0 Å². The topological polar surface area (TPSA) is 95.9 Å². The summed E-state index contributed by atoms with van der Waals surface area (Å²) < 4.78 is 29.5. The molecule has 0 spiro atoms. The van der Waals surface area contributed by atoms with Crippen molar-refractivity contribution < 1.29 is 23.1 Å². The smallest absolute Gasteiger partial charge is 0.511 e. The van der Waals surface area contributed by atoms with E-state index in [-0.39, 0.29) is 10.6 Å². The summed E-state index contributed by atoms with van der Waals surface area (Å²) in [5.74, 6) is -0.123. The van der Waals surface area contributed by atoms with Gasteiger partial charge in [0.1, 0.15) is 10.6 Å². The fraction of sp³-hybridized carbons (Fsp3) is 0.143. The van der Waals surface area contributed by atoms with E-state index in [1.165, 1.54) is 31.3 Å². The van der Waals surface area contributed by atoms with E-state index in [0.717, 1.165) is 0 Å². The SMILES string of the molecule is CNS(=O)(=O)c1ccccc1OB(O)O. The van der Waals surface area contributed by atoms with Crippen LogP contribution in [0.4, 0.5) is 0 Å². The molecule has 3 N–H and O–H groups in total. The van der Waals surface area contributed by atoms with Crippen LogP contribution in [0.3, 0.4) is 0 Å². The molecule has 6 nitrogen and oxygen atoms in total. The Bertz CT molecular complexity index is 433. The van der Waals surface area contributed by atoms with Crippen LogP contribution in [0.1, 0.15) is 0 Å². The molecule has 0 heterocycles. The largest absolute Gasteiger partial charge is 0.707 e. The van der Waals surface area contributed by atoms with Gasteiger partial charge in [-0.3, -0.25) is 0 Å². The lowest BCUT2D eigenvalue weighted by Gasteiger charge is -2.10. The van der Waals surface area contributed by atoms with E-state index in [2.05, 4.69) is 9.38 Å². The molecule has 0 unspecified atom stereocenters.